The van der Waals surface area contributed by atoms with Gasteiger partial charge in [0.05, 0.1) is 6.61 Å². The number of aryl methyl sites for hydroxylation is 1. The molecule has 0 radical (unpaired) electrons. The van der Waals surface area contributed by atoms with Crippen molar-refractivity contribution >= 4 is 11.8 Å². The lowest BCUT2D eigenvalue weighted by Gasteiger charge is -2.20. The maximum absolute atomic E-state index is 11.6. The lowest BCUT2D eigenvalue weighted by atomic mass is 10.2. The summed E-state index contributed by atoms with van der Waals surface area (Å²) in [5.74, 6) is 0.684. The molecule has 1 aromatic rings. The summed E-state index contributed by atoms with van der Waals surface area (Å²) in [7, 11) is 0. The van der Waals surface area contributed by atoms with Crippen molar-refractivity contribution in [3.63, 3.8) is 0 Å². The van der Waals surface area contributed by atoms with Crippen molar-refractivity contribution in [2.75, 3.05) is 18.5 Å². The highest BCUT2D eigenvalue weighted by atomic mass is 16.6. The van der Waals surface area contributed by atoms with Crippen molar-refractivity contribution in [2.45, 2.75) is 33.3 Å². The Balaban J connectivity index is 2.65. The number of hydrogen-bond donors (Lipinski definition) is 2. The van der Waals surface area contributed by atoms with Gasteiger partial charge in [0.15, 0.2) is 0 Å². The molecule has 0 saturated heterocycles. The molecule has 0 aliphatic heterocycles. The largest absolute Gasteiger partial charge is 0.491 e. The molecule has 0 fully saturated rings. The smallest absolute Gasteiger partial charge is 0.412 e. The van der Waals surface area contributed by atoms with E-state index in [1.807, 2.05) is 27.7 Å². The Morgan fingerprint density at radius 3 is 2.58 bits per heavy atom. The van der Waals surface area contributed by atoms with Gasteiger partial charge in [0.25, 0.3) is 0 Å². The predicted octanol–water partition coefficient (Wildman–Crippen LogP) is 2.71. The van der Waals surface area contributed by atoms with Crippen molar-refractivity contribution in [3.8, 4) is 5.75 Å². The van der Waals surface area contributed by atoms with E-state index in [0.717, 1.165) is 5.56 Å². The number of ether oxygens (including phenoxy) is 2. The van der Waals surface area contributed by atoms with E-state index >= 15 is 0 Å². The summed E-state index contributed by atoms with van der Waals surface area (Å²) in [4.78, 5) is 11.6. The van der Waals surface area contributed by atoms with Gasteiger partial charge in [0.2, 0.25) is 0 Å². The number of aliphatic hydroxyl groups excluding tert-OH is 1. The first-order valence-electron chi connectivity index (χ1n) is 6.16. The van der Waals surface area contributed by atoms with Gasteiger partial charge in [-0.25, -0.2) is 4.79 Å². The minimum absolute atomic E-state index is 0.0304. The summed E-state index contributed by atoms with van der Waals surface area (Å²) in [6.07, 6.45) is -0.490. The lowest BCUT2D eigenvalue weighted by Crippen LogP contribution is -2.27. The number of benzene rings is 1. The monoisotopic (exact) mass is 267 g/mol. The Morgan fingerprint density at radius 1 is 1.37 bits per heavy atom. The van der Waals surface area contributed by atoms with E-state index in [1.54, 1.807) is 18.2 Å². The molecule has 0 spiro atoms. The summed E-state index contributed by atoms with van der Waals surface area (Å²) in [5, 5.41) is 11.4. The quantitative estimate of drug-likeness (QED) is 0.880. The molecule has 106 valence electrons. The zero-order valence-corrected chi connectivity index (χ0v) is 11.8. The normalized spacial score (nSPS) is 11.0. The summed E-state index contributed by atoms with van der Waals surface area (Å²) in [5.41, 5.74) is 0.994. The molecule has 0 unspecified atom stereocenters. The number of anilines is 1. The van der Waals surface area contributed by atoms with Crippen LogP contribution in [0.4, 0.5) is 10.5 Å². The molecule has 5 heteroatoms. The van der Waals surface area contributed by atoms with E-state index in [2.05, 4.69) is 5.32 Å². The summed E-state index contributed by atoms with van der Waals surface area (Å²) in [6.45, 7) is 7.51. The Kier molecular flexibility index (Phi) is 5.18. The van der Waals surface area contributed by atoms with Crippen LogP contribution in [0.1, 0.15) is 26.3 Å². The molecule has 0 heterocycles. The number of hydrogen-bond acceptors (Lipinski definition) is 4. The van der Waals surface area contributed by atoms with Gasteiger partial charge in [-0.05, 0) is 51.5 Å². The van der Waals surface area contributed by atoms with Crippen LogP contribution < -0.4 is 10.1 Å². The zero-order chi connectivity index (χ0) is 14.5. The summed E-state index contributed by atoms with van der Waals surface area (Å²) >= 11 is 0. The molecule has 0 bridgehead atoms. The predicted molar refractivity (Wildman–Crippen MR) is 73.6 cm³/mol. The van der Waals surface area contributed by atoms with E-state index in [1.165, 1.54) is 0 Å². The van der Waals surface area contributed by atoms with Crippen LogP contribution in [0.25, 0.3) is 0 Å². The molecule has 19 heavy (non-hydrogen) atoms. The molecule has 1 aromatic carbocycles. The van der Waals surface area contributed by atoms with Crippen molar-refractivity contribution in [3.05, 3.63) is 23.8 Å². The van der Waals surface area contributed by atoms with E-state index in [4.69, 9.17) is 14.6 Å². The Hall–Kier alpha value is -1.75. The number of nitrogens with one attached hydrogen (secondary N) is 1. The third-order valence-corrected chi connectivity index (χ3v) is 2.17. The molecular weight excluding hydrogens is 246 g/mol. The first kappa shape index (κ1) is 15.3. The molecule has 2 N–H and O–H groups in total. The highest BCUT2D eigenvalue weighted by molar-refractivity contribution is 5.85. The van der Waals surface area contributed by atoms with Crippen molar-refractivity contribution in [2.24, 2.45) is 0 Å². The van der Waals surface area contributed by atoms with Crippen LogP contribution in [0.2, 0.25) is 0 Å². The molecule has 0 aliphatic carbocycles. The Morgan fingerprint density at radius 2 is 2.05 bits per heavy atom. The van der Waals surface area contributed by atoms with Gasteiger partial charge < -0.3 is 14.6 Å². The van der Waals surface area contributed by atoms with Crippen LogP contribution >= 0.6 is 0 Å². The van der Waals surface area contributed by atoms with Crippen LogP contribution in [-0.4, -0.2) is 30.0 Å². The number of aliphatic hydroxyl groups is 1. The standard InChI is InChI=1S/C14H21NO4/c1-10-9-11(5-6-12(10)18-8-7-16)15-13(17)19-14(2,3)4/h5-6,9,16H,7-8H2,1-4H3,(H,15,17). The maximum Gasteiger partial charge on any atom is 0.412 e. The van der Waals surface area contributed by atoms with Crippen molar-refractivity contribution in [1.82, 2.24) is 0 Å². The molecular formula is C14H21NO4. The number of amides is 1. The van der Waals surface area contributed by atoms with Gasteiger partial charge in [-0.2, -0.15) is 0 Å². The van der Waals surface area contributed by atoms with E-state index in [9.17, 15) is 4.79 Å². The molecule has 0 aliphatic rings. The van der Waals surface area contributed by atoms with Crippen LogP contribution in [0.15, 0.2) is 18.2 Å². The average Bonchev–Trinajstić information content (AvgIpc) is 2.25. The number of rotatable bonds is 4. The van der Waals surface area contributed by atoms with Crippen molar-refractivity contribution in [1.29, 1.82) is 0 Å². The minimum Gasteiger partial charge on any atom is -0.491 e. The van der Waals surface area contributed by atoms with Gasteiger partial charge in [0, 0.05) is 5.69 Å². The molecule has 0 atom stereocenters. The molecule has 5 nitrogen and oxygen atoms in total. The molecule has 1 rings (SSSR count). The van der Waals surface area contributed by atoms with E-state index < -0.39 is 11.7 Å². The van der Waals surface area contributed by atoms with Crippen molar-refractivity contribution < 1.29 is 19.4 Å². The highest BCUT2D eigenvalue weighted by Gasteiger charge is 2.16. The highest BCUT2D eigenvalue weighted by Crippen LogP contribution is 2.22. The third kappa shape index (κ3) is 5.61. The maximum atomic E-state index is 11.6. The van der Waals surface area contributed by atoms with Gasteiger partial charge in [0.1, 0.15) is 18.0 Å². The first-order chi connectivity index (χ1) is 8.81. The molecule has 0 aromatic heterocycles. The summed E-state index contributed by atoms with van der Waals surface area (Å²) in [6, 6.07) is 5.26. The zero-order valence-electron chi connectivity index (χ0n) is 11.8. The van der Waals surface area contributed by atoms with Crippen LogP contribution in [0.5, 0.6) is 5.75 Å². The fourth-order valence-corrected chi connectivity index (χ4v) is 1.47. The summed E-state index contributed by atoms with van der Waals surface area (Å²) < 4.78 is 10.5. The minimum atomic E-state index is -0.524. The second-order valence-electron chi connectivity index (χ2n) is 5.18. The first-order valence-corrected chi connectivity index (χ1v) is 6.16. The fraction of sp³-hybridized carbons (Fsp3) is 0.500. The van der Waals surface area contributed by atoms with Gasteiger partial charge >= 0.3 is 6.09 Å². The third-order valence-electron chi connectivity index (χ3n) is 2.17. The second kappa shape index (κ2) is 6.43. The second-order valence-corrected chi connectivity index (χ2v) is 5.18. The van der Waals surface area contributed by atoms with Gasteiger partial charge in [-0.15, -0.1) is 0 Å². The SMILES string of the molecule is Cc1cc(NC(=O)OC(C)(C)C)ccc1OCCO. The molecule has 0 saturated carbocycles. The number of carbonyl (C=O) groups is 1. The van der Waals surface area contributed by atoms with Crippen LogP contribution in [-0.2, 0) is 4.74 Å². The van der Waals surface area contributed by atoms with Crippen LogP contribution in [0.3, 0.4) is 0 Å². The molecule has 1 amide bonds. The van der Waals surface area contributed by atoms with Crippen LogP contribution in [0, 0.1) is 6.92 Å². The fourth-order valence-electron chi connectivity index (χ4n) is 1.47. The Labute approximate surface area is 113 Å². The van der Waals surface area contributed by atoms with E-state index in [0.29, 0.717) is 11.4 Å². The van der Waals surface area contributed by atoms with Gasteiger partial charge in [-0.3, -0.25) is 5.32 Å². The van der Waals surface area contributed by atoms with Gasteiger partial charge in [-0.1, -0.05) is 0 Å². The Bertz CT molecular complexity index is 438. The average molecular weight is 267 g/mol. The topological polar surface area (TPSA) is 67.8 Å². The lowest BCUT2D eigenvalue weighted by molar-refractivity contribution is 0.0636. The number of carbonyl (C=O) groups excluding carboxylic acids is 1. The van der Waals surface area contributed by atoms with E-state index in [-0.39, 0.29) is 13.2 Å².